The topological polar surface area (TPSA) is 79.5 Å². The van der Waals surface area contributed by atoms with Crippen molar-refractivity contribution in [1.29, 1.82) is 0 Å². The number of benzene rings is 2. The van der Waals surface area contributed by atoms with Gasteiger partial charge in [0.1, 0.15) is 17.3 Å². The first kappa shape index (κ1) is 17.0. The normalized spacial score (nSPS) is 21.3. The minimum Gasteiger partial charge on any atom is -0.461 e. The van der Waals surface area contributed by atoms with Crippen LogP contribution < -0.4 is 4.72 Å². The average molecular weight is 373 g/mol. The number of hydrogen-bond donors (Lipinski definition) is 2. The fourth-order valence-corrected chi connectivity index (χ4v) is 4.64. The molecule has 2 aromatic carbocycles. The third kappa shape index (κ3) is 3.05. The Morgan fingerprint density at radius 2 is 1.77 bits per heavy atom. The standard InChI is InChI=1S/C19H16FNO4S/c20-13-7-5-12(6-8-13)17-10-9-14(25-17)11-16-19(22)15-3-1-2-4-18(15)26(23,24)21-16/h1-10,16,19,21-22H,11H2/t16-,19+/m1/s1. The van der Waals surface area contributed by atoms with E-state index in [9.17, 15) is 17.9 Å². The lowest BCUT2D eigenvalue weighted by atomic mass is 9.99. The molecular formula is C19H16FNO4S. The van der Waals surface area contributed by atoms with Crippen LogP contribution >= 0.6 is 0 Å². The molecule has 26 heavy (non-hydrogen) atoms. The third-order valence-corrected chi connectivity index (χ3v) is 5.99. The van der Waals surface area contributed by atoms with Crippen molar-refractivity contribution in [3.8, 4) is 11.3 Å². The molecule has 134 valence electrons. The predicted octanol–water partition coefficient (Wildman–Crippen LogP) is 3.02. The molecule has 0 amide bonds. The smallest absolute Gasteiger partial charge is 0.241 e. The van der Waals surface area contributed by atoms with E-state index in [1.165, 1.54) is 18.2 Å². The Balaban J connectivity index is 1.60. The first-order valence-electron chi connectivity index (χ1n) is 8.08. The van der Waals surface area contributed by atoms with Crippen molar-refractivity contribution < 1.29 is 22.3 Å². The minimum atomic E-state index is -3.69. The summed E-state index contributed by atoms with van der Waals surface area (Å²) in [7, 11) is -3.69. The summed E-state index contributed by atoms with van der Waals surface area (Å²) < 4.78 is 46.1. The minimum absolute atomic E-state index is 0.0928. The van der Waals surface area contributed by atoms with Gasteiger partial charge < -0.3 is 9.52 Å². The van der Waals surface area contributed by atoms with Crippen molar-refractivity contribution in [3.05, 3.63) is 77.8 Å². The molecular weight excluding hydrogens is 357 g/mol. The maximum atomic E-state index is 13.0. The number of aliphatic hydroxyl groups excluding tert-OH is 1. The van der Waals surface area contributed by atoms with Crippen LogP contribution in [0.3, 0.4) is 0 Å². The van der Waals surface area contributed by atoms with Crippen LogP contribution in [0.15, 0.2) is 70.0 Å². The molecule has 0 aliphatic carbocycles. The molecule has 3 aromatic rings. The van der Waals surface area contributed by atoms with Crippen LogP contribution in [-0.2, 0) is 16.4 Å². The van der Waals surface area contributed by atoms with E-state index < -0.39 is 22.2 Å². The van der Waals surface area contributed by atoms with Gasteiger partial charge in [0.05, 0.1) is 17.0 Å². The molecule has 2 atom stereocenters. The Morgan fingerprint density at radius 3 is 2.54 bits per heavy atom. The third-order valence-electron chi connectivity index (χ3n) is 4.43. The predicted molar refractivity (Wildman–Crippen MR) is 93.3 cm³/mol. The lowest BCUT2D eigenvalue weighted by Crippen LogP contribution is -2.45. The van der Waals surface area contributed by atoms with E-state index in [-0.39, 0.29) is 17.1 Å². The quantitative estimate of drug-likeness (QED) is 0.740. The van der Waals surface area contributed by atoms with Crippen LogP contribution in [0.2, 0.25) is 0 Å². The van der Waals surface area contributed by atoms with Crippen LogP contribution in [0.5, 0.6) is 0 Å². The Bertz CT molecular complexity index is 1040. The summed E-state index contributed by atoms with van der Waals surface area (Å²) in [5.74, 6) is 0.739. The van der Waals surface area contributed by atoms with E-state index in [0.29, 0.717) is 22.6 Å². The largest absolute Gasteiger partial charge is 0.461 e. The summed E-state index contributed by atoms with van der Waals surface area (Å²) in [6.45, 7) is 0. The molecule has 1 aromatic heterocycles. The Labute approximate surface area is 150 Å². The summed E-state index contributed by atoms with van der Waals surface area (Å²) >= 11 is 0. The number of sulfonamides is 1. The molecule has 1 aliphatic heterocycles. The summed E-state index contributed by atoms with van der Waals surface area (Å²) in [6.07, 6.45) is -0.787. The maximum Gasteiger partial charge on any atom is 0.241 e. The lowest BCUT2D eigenvalue weighted by molar-refractivity contribution is 0.129. The van der Waals surface area contributed by atoms with Crippen LogP contribution in [0.4, 0.5) is 4.39 Å². The fourth-order valence-electron chi connectivity index (χ4n) is 3.14. The highest BCUT2D eigenvalue weighted by molar-refractivity contribution is 7.89. The molecule has 2 N–H and O–H groups in total. The van der Waals surface area contributed by atoms with Crippen LogP contribution in [0.25, 0.3) is 11.3 Å². The molecule has 0 bridgehead atoms. The second kappa shape index (κ2) is 6.35. The van der Waals surface area contributed by atoms with Crippen molar-refractivity contribution in [3.63, 3.8) is 0 Å². The molecule has 0 spiro atoms. The first-order chi connectivity index (χ1) is 12.4. The second-order valence-electron chi connectivity index (χ2n) is 6.19. The number of nitrogens with one attached hydrogen (secondary N) is 1. The van der Waals surface area contributed by atoms with E-state index in [0.717, 1.165) is 0 Å². The number of halogens is 1. The molecule has 2 heterocycles. The Kier molecular flexibility index (Phi) is 4.14. The van der Waals surface area contributed by atoms with Gasteiger partial charge in [-0.3, -0.25) is 0 Å². The zero-order valence-corrected chi connectivity index (χ0v) is 14.4. The van der Waals surface area contributed by atoms with E-state index in [4.69, 9.17) is 4.42 Å². The van der Waals surface area contributed by atoms with Crippen molar-refractivity contribution in [2.24, 2.45) is 0 Å². The second-order valence-corrected chi connectivity index (χ2v) is 7.87. The molecule has 0 fully saturated rings. The lowest BCUT2D eigenvalue weighted by Gasteiger charge is -2.30. The number of hydrogen-bond acceptors (Lipinski definition) is 4. The van der Waals surface area contributed by atoms with Gasteiger partial charge in [0, 0.05) is 17.5 Å². The zero-order chi connectivity index (χ0) is 18.3. The Hall–Kier alpha value is -2.48. The van der Waals surface area contributed by atoms with Gasteiger partial charge in [-0.25, -0.2) is 17.5 Å². The van der Waals surface area contributed by atoms with Crippen molar-refractivity contribution >= 4 is 10.0 Å². The highest BCUT2D eigenvalue weighted by atomic mass is 32.2. The highest BCUT2D eigenvalue weighted by Crippen LogP contribution is 2.32. The number of fused-ring (bicyclic) bond motifs is 1. The van der Waals surface area contributed by atoms with Crippen LogP contribution in [0, 0.1) is 5.82 Å². The SMILES string of the molecule is O=S1(=O)N[C@H](Cc2ccc(-c3ccc(F)cc3)o2)[C@@H](O)c2ccccc21. The average Bonchev–Trinajstić information content (AvgIpc) is 3.08. The summed E-state index contributed by atoms with van der Waals surface area (Å²) in [6, 6.07) is 15.0. The van der Waals surface area contributed by atoms with E-state index in [1.54, 1.807) is 42.5 Å². The van der Waals surface area contributed by atoms with Crippen LogP contribution in [0.1, 0.15) is 17.4 Å². The van der Waals surface area contributed by atoms with Gasteiger partial charge in [0.15, 0.2) is 0 Å². The molecule has 0 unspecified atom stereocenters. The molecule has 7 heteroatoms. The molecule has 5 nitrogen and oxygen atoms in total. The summed E-state index contributed by atoms with van der Waals surface area (Å²) in [5.41, 5.74) is 1.09. The molecule has 1 aliphatic rings. The fraction of sp³-hybridized carbons (Fsp3) is 0.158. The van der Waals surface area contributed by atoms with Crippen molar-refractivity contribution in [1.82, 2.24) is 4.72 Å². The molecule has 0 saturated heterocycles. The molecule has 0 radical (unpaired) electrons. The maximum absolute atomic E-state index is 13.0. The van der Waals surface area contributed by atoms with Gasteiger partial charge in [0.25, 0.3) is 0 Å². The van der Waals surface area contributed by atoms with Gasteiger partial charge in [0.2, 0.25) is 10.0 Å². The van der Waals surface area contributed by atoms with Crippen molar-refractivity contribution in [2.45, 2.75) is 23.5 Å². The van der Waals surface area contributed by atoms with Crippen molar-refractivity contribution in [2.75, 3.05) is 0 Å². The van der Waals surface area contributed by atoms with E-state index >= 15 is 0 Å². The Morgan fingerprint density at radius 1 is 1.04 bits per heavy atom. The number of furan rings is 1. The number of rotatable bonds is 3. The van der Waals surface area contributed by atoms with Gasteiger partial charge in [-0.2, -0.15) is 0 Å². The number of aliphatic hydroxyl groups is 1. The molecule has 0 saturated carbocycles. The highest BCUT2D eigenvalue weighted by Gasteiger charge is 2.36. The summed E-state index contributed by atoms with van der Waals surface area (Å²) in [5, 5.41) is 10.6. The van der Waals surface area contributed by atoms with Gasteiger partial charge in [-0.1, -0.05) is 18.2 Å². The first-order valence-corrected chi connectivity index (χ1v) is 9.56. The zero-order valence-electron chi connectivity index (χ0n) is 13.6. The van der Waals surface area contributed by atoms with Gasteiger partial charge in [-0.15, -0.1) is 0 Å². The van der Waals surface area contributed by atoms with Crippen LogP contribution in [-0.4, -0.2) is 19.6 Å². The monoisotopic (exact) mass is 373 g/mol. The summed E-state index contributed by atoms with van der Waals surface area (Å²) in [4.78, 5) is 0.0928. The van der Waals surface area contributed by atoms with E-state index in [1.807, 2.05) is 0 Å². The van der Waals surface area contributed by atoms with Gasteiger partial charge in [-0.05, 0) is 42.5 Å². The van der Waals surface area contributed by atoms with E-state index in [2.05, 4.69) is 4.72 Å². The van der Waals surface area contributed by atoms with Gasteiger partial charge >= 0.3 is 0 Å². The molecule has 4 rings (SSSR count).